The summed E-state index contributed by atoms with van der Waals surface area (Å²) >= 11 is 0. The second kappa shape index (κ2) is 7.06. The molecule has 2 unspecified atom stereocenters. The van der Waals surface area contributed by atoms with Crippen molar-refractivity contribution in [3.63, 3.8) is 0 Å². The van der Waals surface area contributed by atoms with Gasteiger partial charge in [-0.25, -0.2) is 0 Å². The maximum atomic E-state index is 3.71. The summed E-state index contributed by atoms with van der Waals surface area (Å²) in [4.78, 5) is 2.69. The van der Waals surface area contributed by atoms with Crippen molar-refractivity contribution in [1.82, 2.24) is 10.2 Å². The minimum atomic E-state index is 0.651. The molecule has 1 N–H and O–H groups in total. The molecule has 106 valence electrons. The van der Waals surface area contributed by atoms with Crippen LogP contribution in [0.1, 0.15) is 32.8 Å². The Kier molecular flexibility index (Phi) is 5.41. The van der Waals surface area contributed by atoms with E-state index in [9.17, 15) is 0 Å². The first-order valence-corrected chi connectivity index (χ1v) is 7.72. The van der Waals surface area contributed by atoms with E-state index in [0.29, 0.717) is 12.1 Å². The Morgan fingerprint density at radius 1 is 1.26 bits per heavy atom. The second-order valence-electron chi connectivity index (χ2n) is 6.05. The molecule has 2 nitrogen and oxygen atoms in total. The highest BCUT2D eigenvalue weighted by Gasteiger charge is 2.27. The van der Waals surface area contributed by atoms with Gasteiger partial charge in [0.1, 0.15) is 0 Å². The van der Waals surface area contributed by atoms with Crippen LogP contribution >= 0.6 is 0 Å². The Bertz CT molecular complexity index is 361. The Labute approximate surface area is 118 Å². The molecule has 1 fully saturated rings. The van der Waals surface area contributed by atoms with Crippen LogP contribution in [0.5, 0.6) is 0 Å². The van der Waals surface area contributed by atoms with Crippen LogP contribution < -0.4 is 5.32 Å². The third kappa shape index (κ3) is 4.05. The number of piperazine rings is 1. The molecular formula is C17H28N2. The number of hydrogen-bond acceptors (Lipinski definition) is 2. The largest absolute Gasteiger partial charge is 0.311 e. The van der Waals surface area contributed by atoms with Crippen LogP contribution in [0.2, 0.25) is 0 Å². The molecule has 0 aromatic heterocycles. The van der Waals surface area contributed by atoms with Crippen molar-refractivity contribution in [2.45, 2.75) is 45.7 Å². The van der Waals surface area contributed by atoms with Gasteiger partial charge >= 0.3 is 0 Å². The second-order valence-corrected chi connectivity index (χ2v) is 6.05. The first-order chi connectivity index (χ1) is 9.20. The maximum absolute atomic E-state index is 3.71. The molecule has 1 heterocycles. The third-order valence-electron chi connectivity index (χ3n) is 4.37. The average molecular weight is 260 g/mol. The van der Waals surface area contributed by atoms with Crippen LogP contribution in [0.4, 0.5) is 0 Å². The number of rotatable bonds is 5. The highest BCUT2D eigenvalue weighted by atomic mass is 15.2. The number of nitrogens with zero attached hydrogens (tertiary/aromatic N) is 1. The Morgan fingerprint density at radius 3 is 2.63 bits per heavy atom. The first-order valence-electron chi connectivity index (χ1n) is 7.72. The quantitative estimate of drug-likeness (QED) is 0.875. The van der Waals surface area contributed by atoms with Gasteiger partial charge in [0.25, 0.3) is 0 Å². The summed E-state index contributed by atoms with van der Waals surface area (Å²) < 4.78 is 0. The fourth-order valence-electron chi connectivity index (χ4n) is 2.92. The Balaban J connectivity index is 1.91. The molecule has 1 aromatic rings. The highest BCUT2D eigenvalue weighted by Crippen LogP contribution is 2.15. The van der Waals surface area contributed by atoms with E-state index < -0.39 is 0 Å². The van der Waals surface area contributed by atoms with Gasteiger partial charge in [0.05, 0.1) is 0 Å². The van der Waals surface area contributed by atoms with E-state index in [-0.39, 0.29) is 0 Å². The van der Waals surface area contributed by atoms with Crippen LogP contribution in [0.25, 0.3) is 0 Å². The lowest BCUT2D eigenvalue weighted by atomic mass is 9.98. The van der Waals surface area contributed by atoms with Gasteiger partial charge in [-0.3, -0.25) is 4.90 Å². The summed E-state index contributed by atoms with van der Waals surface area (Å²) in [6.07, 6.45) is 2.41. The summed E-state index contributed by atoms with van der Waals surface area (Å²) in [5, 5.41) is 3.71. The Hall–Kier alpha value is -0.860. The van der Waals surface area contributed by atoms with Crippen molar-refractivity contribution in [2.24, 2.45) is 5.92 Å². The minimum absolute atomic E-state index is 0.651. The molecule has 0 radical (unpaired) electrons. The van der Waals surface area contributed by atoms with Crippen LogP contribution in [0.3, 0.4) is 0 Å². The van der Waals surface area contributed by atoms with Crippen LogP contribution in [0.15, 0.2) is 30.3 Å². The third-order valence-corrected chi connectivity index (χ3v) is 4.37. The molecule has 0 bridgehead atoms. The van der Waals surface area contributed by atoms with Gasteiger partial charge < -0.3 is 5.32 Å². The molecule has 1 aliphatic heterocycles. The normalized spacial score (nSPS) is 24.8. The van der Waals surface area contributed by atoms with Crippen molar-refractivity contribution in [2.75, 3.05) is 19.6 Å². The van der Waals surface area contributed by atoms with Gasteiger partial charge in [0.2, 0.25) is 0 Å². The fourth-order valence-corrected chi connectivity index (χ4v) is 2.92. The number of nitrogens with one attached hydrogen (secondary N) is 1. The first kappa shape index (κ1) is 14.5. The van der Waals surface area contributed by atoms with Gasteiger partial charge in [-0.15, -0.1) is 0 Å². The molecule has 2 heteroatoms. The maximum Gasteiger partial charge on any atom is 0.0218 e. The summed E-state index contributed by atoms with van der Waals surface area (Å²) in [7, 11) is 0. The molecule has 19 heavy (non-hydrogen) atoms. The SMILES string of the molecule is CCC1CNC(C(C)C)CN1CCc1ccccc1. The van der Waals surface area contributed by atoms with Crippen LogP contribution in [-0.2, 0) is 6.42 Å². The van der Waals surface area contributed by atoms with E-state index >= 15 is 0 Å². The van der Waals surface area contributed by atoms with Crippen LogP contribution in [-0.4, -0.2) is 36.6 Å². The molecule has 2 rings (SSSR count). The predicted octanol–water partition coefficient (Wildman–Crippen LogP) is 2.94. The lowest BCUT2D eigenvalue weighted by Crippen LogP contribution is -2.58. The summed E-state index contributed by atoms with van der Waals surface area (Å²) in [5.74, 6) is 0.719. The minimum Gasteiger partial charge on any atom is -0.311 e. The Morgan fingerprint density at radius 2 is 2.00 bits per heavy atom. The van der Waals surface area contributed by atoms with E-state index in [1.165, 1.54) is 31.5 Å². The molecule has 1 aromatic carbocycles. The van der Waals surface area contributed by atoms with Crippen molar-refractivity contribution in [3.8, 4) is 0 Å². The summed E-state index contributed by atoms with van der Waals surface area (Å²) in [6, 6.07) is 12.2. The van der Waals surface area contributed by atoms with Gasteiger partial charge in [-0.2, -0.15) is 0 Å². The van der Waals surface area contributed by atoms with Crippen LogP contribution in [0, 0.1) is 5.92 Å². The standard InChI is InChI=1S/C17H28N2/c1-4-16-12-18-17(14(2)3)13-19(16)11-10-15-8-6-5-7-9-15/h5-9,14,16-18H,4,10-13H2,1-3H3. The van der Waals surface area contributed by atoms with E-state index in [0.717, 1.165) is 12.5 Å². The zero-order valence-corrected chi connectivity index (χ0v) is 12.6. The molecule has 1 aliphatic rings. The molecular weight excluding hydrogens is 232 g/mol. The van der Waals surface area contributed by atoms with E-state index in [1.54, 1.807) is 0 Å². The van der Waals surface area contributed by atoms with Crippen molar-refractivity contribution >= 4 is 0 Å². The number of hydrogen-bond donors (Lipinski definition) is 1. The van der Waals surface area contributed by atoms with E-state index in [4.69, 9.17) is 0 Å². The van der Waals surface area contributed by atoms with E-state index in [2.05, 4.69) is 61.3 Å². The zero-order chi connectivity index (χ0) is 13.7. The molecule has 0 saturated carbocycles. The highest BCUT2D eigenvalue weighted by molar-refractivity contribution is 5.15. The molecule has 0 spiro atoms. The van der Waals surface area contributed by atoms with Crippen molar-refractivity contribution in [1.29, 1.82) is 0 Å². The van der Waals surface area contributed by atoms with E-state index in [1.807, 2.05) is 0 Å². The molecule has 0 aliphatic carbocycles. The molecule has 1 saturated heterocycles. The average Bonchev–Trinajstić information content (AvgIpc) is 2.45. The smallest absolute Gasteiger partial charge is 0.0218 e. The fraction of sp³-hybridized carbons (Fsp3) is 0.647. The van der Waals surface area contributed by atoms with Gasteiger partial charge in [0, 0.05) is 31.7 Å². The van der Waals surface area contributed by atoms with Crippen molar-refractivity contribution in [3.05, 3.63) is 35.9 Å². The van der Waals surface area contributed by atoms with Gasteiger partial charge in [-0.1, -0.05) is 51.1 Å². The number of benzene rings is 1. The van der Waals surface area contributed by atoms with Gasteiger partial charge in [0.15, 0.2) is 0 Å². The predicted molar refractivity (Wildman–Crippen MR) is 82.4 cm³/mol. The van der Waals surface area contributed by atoms with Crippen molar-refractivity contribution < 1.29 is 0 Å². The monoisotopic (exact) mass is 260 g/mol. The summed E-state index contributed by atoms with van der Waals surface area (Å²) in [6.45, 7) is 10.5. The lowest BCUT2D eigenvalue weighted by molar-refractivity contribution is 0.112. The zero-order valence-electron chi connectivity index (χ0n) is 12.6. The summed E-state index contributed by atoms with van der Waals surface area (Å²) in [5.41, 5.74) is 1.46. The lowest BCUT2D eigenvalue weighted by Gasteiger charge is -2.41. The molecule has 2 atom stereocenters. The van der Waals surface area contributed by atoms with Gasteiger partial charge in [-0.05, 0) is 24.3 Å². The topological polar surface area (TPSA) is 15.3 Å². The molecule has 0 amide bonds.